The molecular formula is C17H17Cl2NO3. The third-order valence-corrected chi connectivity index (χ3v) is 4.07. The number of halogens is 2. The Morgan fingerprint density at radius 2 is 1.70 bits per heavy atom. The van der Waals surface area contributed by atoms with Crippen LogP contribution in [0.15, 0.2) is 36.4 Å². The summed E-state index contributed by atoms with van der Waals surface area (Å²) in [5.74, 6) is 1.05. The van der Waals surface area contributed by atoms with Gasteiger partial charge in [0.1, 0.15) is 0 Å². The summed E-state index contributed by atoms with van der Waals surface area (Å²) in [6.07, 6.45) is 0.116. The van der Waals surface area contributed by atoms with Gasteiger partial charge in [-0.05, 0) is 23.8 Å². The molecule has 2 rings (SSSR count). The second-order valence-corrected chi connectivity index (χ2v) is 5.62. The third-order valence-electron chi connectivity index (χ3n) is 3.36. The van der Waals surface area contributed by atoms with Gasteiger partial charge in [0.2, 0.25) is 5.91 Å². The normalized spacial score (nSPS) is 10.3. The molecule has 4 nitrogen and oxygen atoms in total. The van der Waals surface area contributed by atoms with Crippen LogP contribution in [-0.4, -0.2) is 20.1 Å². The van der Waals surface area contributed by atoms with E-state index in [2.05, 4.69) is 5.32 Å². The Kier molecular flexibility index (Phi) is 6.13. The Morgan fingerprint density at radius 1 is 1.04 bits per heavy atom. The first-order chi connectivity index (χ1) is 11.1. The number of nitrogens with one attached hydrogen (secondary N) is 1. The molecule has 0 saturated carbocycles. The molecule has 0 saturated heterocycles. The average Bonchev–Trinajstić information content (AvgIpc) is 2.55. The fourth-order valence-electron chi connectivity index (χ4n) is 2.21. The Bertz CT molecular complexity index is 684. The van der Waals surface area contributed by atoms with Crippen molar-refractivity contribution < 1.29 is 14.3 Å². The molecule has 122 valence electrons. The zero-order chi connectivity index (χ0) is 16.8. The van der Waals surface area contributed by atoms with Crippen molar-refractivity contribution in [3.8, 4) is 11.5 Å². The predicted octanol–water partition coefficient (Wildman–Crippen LogP) is 3.87. The number of benzene rings is 2. The number of carbonyl (C=O) groups is 1. The van der Waals surface area contributed by atoms with E-state index >= 15 is 0 Å². The summed E-state index contributed by atoms with van der Waals surface area (Å²) in [5, 5.41) is 3.79. The van der Waals surface area contributed by atoms with Crippen LogP contribution in [0.5, 0.6) is 11.5 Å². The van der Waals surface area contributed by atoms with Gasteiger partial charge in [-0.3, -0.25) is 4.79 Å². The maximum absolute atomic E-state index is 12.1. The Hall–Kier alpha value is -1.91. The molecule has 0 aliphatic heterocycles. The van der Waals surface area contributed by atoms with E-state index in [1.807, 2.05) is 12.1 Å². The molecule has 0 spiro atoms. The van der Waals surface area contributed by atoms with E-state index in [-0.39, 0.29) is 12.3 Å². The van der Waals surface area contributed by atoms with Crippen molar-refractivity contribution in [2.24, 2.45) is 0 Å². The first-order valence-electron chi connectivity index (χ1n) is 6.96. The molecule has 0 atom stereocenters. The minimum atomic E-state index is -0.176. The molecule has 0 heterocycles. The SMILES string of the molecule is COc1cccc(CNC(=O)Cc2c(Cl)cccc2Cl)c1OC. The molecule has 0 aromatic heterocycles. The summed E-state index contributed by atoms with van der Waals surface area (Å²) in [5.41, 5.74) is 1.44. The van der Waals surface area contributed by atoms with E-state index in [1.165, 1.54) is 0 Å². The van der Waals surface area contributed by atoms with E-state index in [0.717, 1.165) is 5.56 Å². The van der Waals surface area contributed by atoms with Crippen LogP contribution in [0.4, 0.5) is 0 Å². The summed E-state index contributed by atoms with van der Waals surface area (Å²) in [4.78, 5) is 12.1. The fourth-order valence-corrected chi connectivity index (χ4v) is 2.74. The molecule has 0 radical (unpaired) electrons. The summed E-state index contributed by atoms with van der Waals surface area (Å²) in [7, 11) is 3.13. The molecule has 0 fully saturated rings. The maximum atomic E-state index is 12.1. The molecule has 2 aromatic carbocycles. The minimum Gasteiger partial charge on any atom is -0.493 e. The first-order valence-corrected chi connectivity index (χ1v) is 7.72. The van der Waals surface area contributed by atoms with Crippen molar-refractivity contribution >= 4 is 29.1 Å². The van der Waals surface area contributed by atoms with Crippen molar-refractivity contribution in [2.75, 3.05) is 14.2 Å². The monoisotopic (exact) mass is 353 g/mol. The molecule has 1 amide bonds. The van der Waals surface area contributed by atoms with Gasteiger partial charge in [-0.2, -0.15) is 0 Å². The van der Waals surface area contributed by atoms with Crippen LogP contribution < -0.4 is 14.8 Å². The van der Waals surface area contributed by atoms with E-state index in [1.54, 1.807) is 38.5 Å². The van der Waals surface area contributed by atoms with Crippen LogP contribution in [0.25, 0.3) is 0 Å². The first kappa shape index (κ1) is 17.4. The molecule has 0 unspecified atom stereocenters. The number of hydrogen-bond donors (Lipinski definition) is 1. The standard InChI is InChI=1S/C17H17Cl2NO3/c1-22-15-8-3-5-11(17(15)23-2)10-20-16(21)9-12-13(18)6-4-7-14(12)19/h3-8H,9-10H2,1-2H3,(H,20,21). The van der Waals surface area contributed by atoms with E-state index < -0.39 is 0 Å². The van der Waals surface area contributed by atoms with Crippen molar-refractivity contribution in [2.45, 2.75) is 13.0 Å². The van der Waals surface area contributed by atoms with Gasteiger partial charge in [0.05, 0.1) is 20.6 Å². The number of hydrogen-bond acceptors (Lipinski definition) is 3. The Labute approximate surface area is 145 Å². The van der Waals surface area contributed by atoms with Gasteiger partial charge in [-0.15, -0.1) is 0 Å². The lowest BCUT2D eigenvalue weighted by Gasteiger charge is -2.13. The fraction of sp³-hybridized carbons (Fsp3) is 0.235. The minimum absolute atomic E-state index is 0.116. The number of carbonyl (C=O) groups excluding carboxylic acids is 1. The second kappa shape index (κ2) is 8.09. The molecule has 0 aliphatic rings. The number of methoxy groups -OCH3 is 2. The van der Waals surface area contributed by atoms with Crippen molar-refractivity contribution in [3.05, 3.63) is 57.6 Å². The van der Waals surface area contributed by atoms with Gasteiger partial charge in [-0.25, -0.2) is 0 Å². The van der Waals surface area contributed by atoms with E-state index in [4.69, 9.17) is 32.7 Å². The van der Waals surface area contributed by atoms with Crippen LogP contribution in [0, 0.1) is 0 Å². The topological polar surface area (TPSA) is 47.6 Å². The quantitative estimate of drug-likeness (QED) is 0.857. The molecule has 0 aliphatic carbocycles. The predicted molar refractivity (Wildman–Crippen MR) is 91.6 cm³/mol. The lowest BCUT2D eigenvalue weighted by molar-refractivity contribution is -0.120. The molecule has 1 N–H and O–H groups in total. The summed E-state index contributed by atoms with van der Waals surface area (Å²) < 4.78 is 10.6. The van der Waals surface area contributed by atoms with Crippen molar-refractivity contribution in [3.63, 3.8) is 0 Å². The number of para-hydroxylation sites is 1. The summed E-state index contributed by atoms with van der Waals surface area (Å²) >= 11 is 12.2. The van der Waals surface area contributed by atoms with Crippen LogP contribution in [0.2, 0.25) is 10.0 Å². The van der Waals surface area contributed by atoms with E-state index in [9.17, 15) is 4.79 Å². The Morgan fingerprint density at radius 3 is 2.30 bits per heavy atom. The molecule has 2 aromatic rings. The number of rotatable bonds is 6. The van der Waals surface area contributed by atoms with Crippen LogP contribution in [0.1, 0.15) is 11.1 Å². The van der Waals surface area contributed by atoms with Gasteiger partial charge >= 0.3 is 0 Å². The van der Waals surface area contributed by atoms with Crippen molar-refractivity contribution in [1.82, 2.24) is 5.32 Å². The number of amides is 1. The third kappa shape index (κ3) is 4.30. The highest BCUT2D eigenvalue weighted by Gasteiger charge is 2.13. The van der Waals surface area contributed by atoms with Gasteiger partial charge in [0, 0.05) is 22.2 Å². The molecule has 0 bridgehead atoms. The van der Waals surface area contributed by atoms with Crippen molar-refractivity contribution in [1.29, 1.82) is 0 Å². The average molecular weight is 354 g/mol. The maximum Gasteiger partial charge on any atom is 0.224 e. The smallest absolute Gasteiger partial charge is 0.224 e. The highest BCUT2D eigenvalue weighted by molar-refractivity contribution is 6.36. The highest BCUT2D eigenvalue weighted by Crippen LogP contribution is 2.30. The van der Waals surface area contributed by atoms with Gasteiger partial charge < -0.3 is 14.8 Å². The van der Waals surface area contributed by atoms with Crippen LogP contribution >= 0.6 is 23.2 Å². The van der Waals surface area contributed by atoms with Gasteiger partial charge in [-0.1, -0.05) is 41.4 Å². The van der Waals surface area contributed by atoms with Crippen LogP contribution in [0.3, 0.4) is 0 Å². The van der Waals surface area contributed by atoms with Gasteiger partial charge in [0.25, 0.3) is 0 Å². The zero-order valence-electron chi connectivity index (χ0n) is 12.9. The van der Waals surface area contributed by atoms with Gasteiger partial charge in [0.15, 0.2) is 11.5 Å². The molecular weight excluding hydrogens is 337 g/mol. The zero-order valence-corrected chi connectivity index (χ0v) is 14.4. The second-order valence-electron chi connectivity index (χ2n) is 4.81. The lowest BCUT2D eigenvalue weighted by Crippen LogP contribution is -2.25. The lowest BCUT2D eigenvalue weighted by atomic mass is 10.1. The largest absolute Gasteiger partial charge is 0.493 e. The summed E-state index contributed by atoms with van der Waals surface area (Å²) in [6.45, 7) is 0.321. The summed E-state index contributed by atoms with van der Waals surface area (Å²) in [6, 6.07) is 10.7. The van der Waals surface area contributed by atoms with E-state index in [0.29, 0.717) is 33.7 Å². The molecule has 23 heavy (non-hydrogen) atoms. The number of ether oxygens (including phenoxy) is 2. The Balaban J connectivity index is 2.05. The molecule has 6 heteroatoms. The van der Waals surface area contributed by atoms with Crippen LogP contribution in [-0.2, 0) is 17.8 Å². The highest BCUT2D eigenvalue weighted by atomic mass is 35.5.